The predicted molar refractivity (Wildman–Crippen MR) is 135 cm³/mol. The SMILES string of the molecule is CC(=O)N1Cc2ccc(OC(F)F)c(Cc3ccnc(C(=O)C(C)O)n3)c2[C@H]2C[C@@H]1c1nc3ccccc3n12. The molecular weight excluding hydrogens is 508 g/mol. The van der Waals surface area contributed by atoms with Crippen LogP contribution in [-0.4, -0.2) is 53.9 Å². The number of rotatable bonds is 6. The van der Waals surface area contributed by atoms with Crippen LogP contribution in [0.25, 0.3) is 11.0 Å². The number of alkyl halides is 2. The summed E-state index contributed by atoms with van der Waals surface area (Å²) in [4.78, 5) is 40.1. The zero-order valence-corrected chi connectivity index (χ0v) is 21.2. The summed E-state index contributed by atoms with van der Waals surface area (Å²) < 4.78 is 34.2. The molecule has 2 aliphatic rings. The van der Waals surface area contributed by atoms with Gasteiger partial charge < -0.3 is 19.3 Å². The Hall–Kier alpha value is -4.25. The minimum absolute atomic E-state index is 0.00328. The number of aliphatic hydroxyl groups excluding tert-OH is 1. The number of halogens is 2. The molecule has 0 fully saturated rings. The normalized spacial score (nSPS) is 18.6. The molecule has 2 aromatic heterocycles. The average molecular weight is 534 g/mol. The van der Waals surface area contributed by atoms with Crippen LogP contribution < -0.4 is 4.74 Å². The van der Waals surface area contributed by atoms with Gasteiger partial charge in [-0.3, -0.25) is 9.59 Å². The fourth-order valence-corrected chi connectivity index (χ4v) is 5.80. The van der Waals surface area contributed by atoms with Crippen LogP contribution in [0.5, 0.6) is 5.75 Å². The van der Waals surface area contributed by atoms with Gasteiger partial charge in [0.1, 0.15) is 17.7 Å². The van der Waals surface area contributed by atoms with Crippen LogP contribution in [-0.2, 0) is 17.8 Å². The van der Waals surface area contributed by atoms with Crippen LogP contribution in [0, 0.1) is 0 Å². The van der Waals surface area contributed by atoms with Crippen LogP contribution in [0.3, 0.4) is 0 Å². The van der Waals surface area contributed by atoms with E-state index < -0.39 is 18.5 Å². The smallest absolute Gasteiger partial charge is 0.387 e. The van der Waals surface area contributed by atoms with Crippen molar-refractivity contribution >= 4 is 22.7 Å². The maximum absolute atomic E-state index is 13.6. The number of para-hydroxylation sites is 2. The molecule has 39 heavy (non-hydrogen) atoms. The van der Waals surface area contributed by atoms with E-state index in [9.17, 15) is 23.5 Å². The number of benzene rings is 2. The standard InChI is InChI=1S/C28H25F2N5O4/c1-14(36)25(38)26-31-10-9-17(32-26)11-18-23(39-28(29)30)8-7-16-13-34(15(2)37)22-12-21(24(16)18)35-20-6-4-3-5-19(20)33-27(22)35/h3-10,14,21-22,28,36H,11-13H2,1-2H3/t14?,21-,22-/m1/s1. The Morgan fingerprint density at radius 2 is 1.92 bits per heavy atom. The second-order valence-corrected chi connectivity index (χ2v) is 9.83. The molecule has 0 spiro atoms. The summed E-state index contributed by atoms with van der Waals surface area (Å²) >= 11 is 0. The summed E-state index contributed by atoms with van der Waals surface area (Å²) in [6, 6.07) is 11.9. The highest BCUT2D eigenvalue weighted by atomic mass is 19.3. The highest BCUT2D eigenvalue weighted by Gasteiger charge is 2.44. The quantitative estimate of drug-likeness (QED) is 0.373. The van der Waals surface area contributed by atoms with Gasteiger partial charge in [-0.1, -0.05) is 18.2 Å². The van der Waals surface area contributed by atoms with E-state index in [0.29, 0.717) is 17.7 Å². The highest BCUT2D eigenvalue weighted by Crippen LogP contribution is 2.50. The molecule has 1 unspecified atom stereocenters. The zero-order valence-electron chi connectivity index (χ0n) is 21.2. The molecule has 4 heterocycles. The fraction of sp³-hybridized carbons (Fsp3) is 0.321. The molecule has 0 saturated heterocycles. The molecule has 2 aliphatic heterocycles. The number of fused-ring (bicyclic) bond motifs is 9. The van der Waals surface area contributed by atoms with Crippen LogP contribution in [0.2, 0.25) is 0 Å². The van der Waals surface area contributed by atoms with Gasteiger partial charge in [-0.2, -0.15) is 8.78 Å². The molecule has 1 N–H and O–H groups in total. The molecule has 2 aromatic carbocycles. The fourth-order valence-electron chi connectivity index (χ4n) is 5.80. The number of aromatic nitrogens is 4. The van der Waals surface area contributed by atoms with Crippen molar-refractivity contribution in [3.63, 3.8) is 0 Å². The number of hydrogen-bond donors (Lipinski definition) is 1. The van der Waals surface area contributed by atoms with Crippen LogP contribution in [0.1, 0.15) is 71.2 Å². The van der Waals surface area contributed by atoms with Gasteiger partial charge >= 0.3 is 6.61 Å². The first-order valence-corrected chi connectivity index (χ1v) is 12.6. The predicted octanol–water partition coefficient (Wildman–Crippen LogP) is 3.98. The number of nitrogens with zero attached hydrogens (tertiary/aromatic N) is 5. The Morgan fingerprint density at radius 1 is 1.13 bits per heavy atom. The first-order valence-electron chi connectivity index (χ1n) is 12.6. The number of aliphatic hydroxyl groups is 1. The van der Waals surface area contributed by atoms with Crippen LogP contribution in [0.15, 0.2) is 48.7 Å². The van der Waals surface area contributed by atoms with Crippen molar-refractivity contribution in [2.75, 3.05) is 0 Å². The Bertz CT molecular complexity index is 1620. The molecule has 200 valence electrons. The molecule has 11 heteroatoms. The molecule has 3 atom stereocenters. The third kappa shape index (κ3) is 4.22. The van der Waals surface area contributed by atoms with Crippen molar-refractivity contribution in [3.8, 4) is 5.75 Å². The molecule has 0 aliphatic carbocycles. The lowest BCUT2D eigenvalue weighted by atomic mass is 9.90. The Labute approximate surface area is 222 Å². The van der Waals surface area contributed by atoms with Crippen LogP contribution >= 0.6 is 0 Å². The van der Waals surface area contributed by atoms with Crippen molar-refractivity contribution in [1.29, 1.82) is 0 Å². The van der Waals surface area contributed by atoms with E-state index in [-0.39, 0.29) is 42.5 Å². The summed E-state index contributed by atoms with van der Waals surface area (Å²) in [6.07, 6.45) is 0.710. The van der Waals surface area contributed by atoms with E-state index in [4.69, 9.17) is 9.72 Å². The number of hydrogen-bond acceptors (Lipinski definition) is 7. The summed E-state index contributed by atoms with van der Waals surface area (Å²) in [7, 11) is 0. The third-order valence-electron chi connectivity index (χ3n) is 7.43. The Kier molecular flexibility index (Phi) is 6.10. The zero-order chi connectivity index (χ0) is 27.4. The van der Waals surface area contributed by atoms with Crippen molar-refractivity contribution in [3.05, 3.63) is 82.7 Å². The van der Waals surface area contributed by atoms with Crippen molar-refractivity contribution in [2.24, 2.45) is 0 Å². The number of imidazole rings is 1. The number of carbonyl (C=O) groups is 2. The highest BCUT2D eigenvalue weighted by molar-refractivity contribution is 5.95. The van der Waals surface area contributed by atoms with E-state index >= 15 is 0 Å². The van der Waals surface area contributed by atoms with E-state index in [1.54, 1.807) is 17.0 Å². The first kappa shape index (κ1) is 25.1. The molecular formula is C28H25F2N5O4. The summed E-state index contributed by atoms with van der Waals surface area (Å²) in [5, 5.41) is 9.71. The Morgan fingerprint density at radius 3 is 2.67 bits per heavy atom. The number of Topliss-reactive ketones (excluding diaryl/α,β-unsaturated/α-hetero) is 1. The van der Waals surface area contributed by atoms with Gasteiger partial charge in [0.25, 0.3) is 0 Å². The van der Waals surface area contributed by atoms with Gasteiger partial charge in [-0.25, -0.2) is 15.0 Å². The number of carbonyl (C=O) groups excluding carboxylic acids is 2. The first-order chi connectivity index (χ1) is 18.7. The monoisotopic (exact) mass is 533 g/mol. The second-order valence-electron chi connectivity index (χ2n) is 9.83. The maximum Gasteiger partial charge on any atom is 0.387 e. The van der Waals surface area contributed by atoms with Crippen molar-refractivity contribution < 1.29 is 28.2 Å². The third-order valence-corrected chi connectivity index (χ3v) is 7.43. The van der Waals surface area contributed by atoms with Gasteiger partial charge in [0.05, 0.1) is 23.1 Å². The molecule has 4 aromatic rings. The lowest BCUT2D eigenvalue weighted by Crippen LogP contribution is -2.31. The molecule has 9 nitrogen and oxygen atoms in total. The second kappa shape index (κ2) is 9.49. The maximum atomic E-state index is 13.6. The van der Waals surface area contributed by atoms with E-state index in [1.807, 2.05) is 24.3 Å². The molecule has 1 amide bonds. The van der Waals surface area contributed by atoms with Gasteiger partial charge in [0.15, 0.2) is 5.82 Å². The number of amides is 1. The van der Waals surface area contributed by atoms with Gasteiger partial charge in [0.2, 0.25) is 11.7 Å². The molecule has 6 rings (SSSR count). The topological polar surface area (TPSA) is 110 Å². The molecule has 0 saturated carbocycles. The summed E-state index contributed by atoms with van der Waals surface area (Å²) in [6.45, 7) is 0.0724. The van der Waals surface area contributed by atoms with Gasteiger partial charge in [0, 0.05) is 43.8 Å². The number of ketones is 1. The van der Waals surface area contributed by atoms with Gasteiger partial charge in [-0.15, -0.1) is 0 Å². The summed E-state index contributed by atoms with van der Waals surface area (Å²) in [5.41, 5.74) is 4.14. The van der Waals surface area contributed by atoms with Gasteiger partial charge in [-0.05, 0) is 42.3 Å². The molecule has 2 bridgehead atoms. The minimum Gasteiger partial charge on any atom is -0.435 e. The van der Waals surface area contributed by atoms with E-state index in [0.717, 1.165) is 28.0 Å². The molecule has 0 radical (unpaired) electrons. The largest absolute Gasteiger partial charge is 0.435 e. The Balaban J connectivity index is 1.56. The minimum atomic E-state index is -3.06. The van der Waals surface area contributed by atoms with Crippen molar-refractivity contribution in [1.82, 2.24) is 24.4 Å². The summed E-state index contributed by atoms with van der Waals surface area (Å²) in [5.74, 6) is -0.166. The van der Waals surface area contributed by atoms with Crippen LogP contribution in [0.4, 0.5) is 8.78 Å². The van der Waals surface area contributed by atoms with E-state index in [2.05, 4.69) is 14.5 Å². The average Bonchev–Trinajstić information content (AvgIpc) is 3.39. The number of ether oxygens (including phenoxy) is 1. The van der Waals surface area contributed by atoms with Crippen molar-refractivity contribution in [2.45, 2.75) is 58.0 Å². The lowest BCUT2D eigenvalue weighted by molar-refractivity contribution is -0.132. The lowest BCUT2D eigenvalue weighted by Gasteiger charge is -2.28. The van der Waals surface area contributed by atoms with E-state index in [1.165, 1.54) is 26.1 Å².